The summed E-state index contributed by atoms with van der Waals surface area (Å²) in [6.45, 7) is 2.74. The molecule has 0 aliphatic carbocycles. The summed E-state index contributed by atoms with van der Waals surface area (Å²) in [5.41, 5.74) is 2.34. The smallest absolute Gasteiger partial charge is 0.299 e. The van der Waals surface area contributed by atoms with Gasteiger partial charge in [0.05, 0.1) is 4.90 Å². The number of aryl methyl sites for hydroxylation is 1. The average Bonchev–Trinajstić information content (AvgIpc) is 2.68. The summed E-state index contributed by atoms with van der Waals surface area (Å²) in [7, 11) is -4.51. The maximum atomic E-state index is 12.6. The molecule has 0 N–H and O–H groups in total. The van der Waals surface area contributed by atoms with Gasteiger partial charge in [-0.25, -0.2) is 8.42 Å². The van der Waals surface area contributed by atoms with Gasteiger partial charge in [0.1, 0.15) is 0 Å². The Morgan fingerprint density at radius 3 is 2.15 bits per heavy atom. The van der Waals surface area contributed by atoms with Gasteiger partial charge in [-0.1, -0.05) is 42.5 Å². The first-order chi connectivity index (χ1) is 12.9. The Hall–Kier alpha value is -1.79. The number of hydrogen-bond acceptors (Lipinski definition) is 3. The second kappa shape index (κ2) is 8.93. The van der Waals surface area contributed by atoms with Crippen LogP contribution in [0.4, 0.5) is 8.78 Å². The van der Waals surface area contributed by atoms with Gasteiger partial charge in [0, 0.05) is 6.54 Å². The zero-order chi connectivity index (χ0) is 19.3. The van der Waals surface area contributed by atoms with Crippen LogP contribution in [0.15, 0.2) is 59.5 Å². The van der Waals surface area contributed by atoms with Crippen LogP contribution in [0.3, 0.4) is 0 Å². The van der Waals surface area contributed by atoms with E-state index in [1.807, 2.05) is 6.07 Å². The Bertz CT molecular complexity index is 815. The van der Waals surface area contributed by atoms with Crippen LogP contribution in [0.2, 0.25) is 0 Å². The Morgan fingerprint density at radius 2 is 1.56 bits per heavy atom. The number of hydrogen-bond donors (Lipinski definition) is 0. The fraction of sp³-hybridized carbons (Fsp3) is 0.429. The number of rotatable bonds is 7. The molecule has 0 radical (unpaired) electrons. The second-order valence-electron chi connectivity index (χ2n) is 7.19. The quantitative estimate of drug-likeness (QED) is 0.694. The van der Waals surface area contributed by atoms with E-state index in [-0.39, 0.29) is 4.90 Å². The SMILES string of the molecule is O=S(=O)(c1ccc(CN2CCC(CCc3ccccc3)CC2)cc1)C(F)F. The van der Waals surface area contributed by atoms with Crippen LogP contribution in [-0.2, 0) is 22.8 Å². The first-order valence-corrected chi connectivity index (χ1v) is 10.9. The predicted octanol–water partition coefficient (Wildman–Crippen LogP) is 4.53. The molecule has 3 nitrogen and oxygen atoms in total. The van der Waals surface area contributed by atoms with Crippen molar-refractivity contribution in [1.29, 1.82) is 0 Å². The van der Waals surface area contributed by atoms with Gasteiger partial charge in [-0.2, -0.15) is 8.78 Å². The summed E-state index contributed by atoms with van der Waals surface area (Å²) in [6.07, 6.45) is 4.64. The van der Waals surface area contributed by atoms with E-state index in [1.165, 1.54) is 24.1 Å². The molecule has 0 amide bonds. The molecule has 1 fully saturated rings. The van der Waals surface area contributed by atoms with Gasteiger partial charge in [-0.15, -0.1) is 0 Å². The van der Waals surface area contributed by atoms with Crippen molar-refractivity contribution in [2.45, 2.75) is 42.9 Å². The van der Waals surface area contributed by atoms with Crippen molar-refractivity contribution in [3.63, 3.8) is 0 Å². The molecule has 0 bridgehead atoms. The van der Waals surface area contributed by atoms with Crippen LogP contribution in [0.5, 0.6) is 0 Å². The number of sulfone groups is 1. The normalized spacial score (nSPS) is 16.7. The minimum Gasteiger partial charge on any atom is -0.299 e. The molecule has 2 aromatic rings. The van der Waals surface area contributed by atoms with Crippen molar-refractivity contribution in [1.82, 2.24) is 4.90 Å². The topological polar surface area (TPSA) is 37.4 Å². The molecule has 2 aromatic carbocycles. The van der Waals surface area contributed by atoms with E-state index < -0.39 is 15.6 Å². The van der Waals surface area contributed by atoms with E-state index in [1.54, 1.807) is 12.1 Å². The van der Waals surface area contributed by atoms with E-state index in [2.05, 4.69) is 29.2 Å². The maximum Gasteiger partial charge on any atom is 0.341 e. The van der Waals surface area contributed by atoms with Gasteiger partial charge >= 0.3 is 5.76 Å². The lowest BCUT2D eigenvalue weighted by Crippen LogP contribution is -2.33. The van der Waals surface area contributed by atoms with Crippen LogP contribution in [-0.4, -0.2) is 32.2 Å². The Morgan fingerprint density at radius 1 is 0.926 bits per heavy atom. The fourth-order valence-electron chi connectivity index (χ4n) is 3.59. The van der Waals surface area contributed by atoms with Gasteiger partial charge < -0.3 is 0 Å². The minimum atomic E-state index is -4.51. The number of benzene rings is 2. The molecule has 1 heterocycles. The first-order valence-electron chi connectivity index (χ1n) is 9.32. The highest BCUT2D eigenvalue weighted by atomic mass is 32.2. The lowest BCUT2D eigenvalue weighted by atomic mass is 9.90. The maximum absolute atomic E-state index is 12.6. The number of halogens is 2. The summed E-state index contributed by atoms with van der Waals surface area (Å²) in [5.74, 6) is -2.64. The Labute approximate surface area is 159 Å². The molecule has 1 aliphatic heterocycles. The third kappa shape index (κ3) is 5.36. The van der Waals surface area contributed by atoms with Crippen LogP contribution >= 0.6 is 0 Å². The van der Waals surface area contributed by atoms with Crippen molar-refractivity contribution in [2.24, 2.45) is 5.92 Å². The number of likely N-dealkylation sites (tertiary alicyclic amines) is 1. The van der Waals surface area contributed by atoms with Gasteiger partial charge in [0.2, 0.25) is 9.84 Å². The molecule has 3 rings (SSSR count). The van der Waals surface area contributed by atoms with Gasteiger partial charge in [0.25, 0.3) is 0 Å². The summed E-state index contributed by atoms with van der Waals surface area (Å²) >= 11 is 0. The van der Waals surface area contributed by atoms with Gasteiger partial charge in [-0.3, -0.25) is 4.90 Å². The van der Waals surface area contributed by atoms with Gasteiger partial charge in [-0.05, 0) is 68.0 Å². The monoisotopic (exact) mass is 393 g/mol. The molecule has 1 saturated heterocycles. The molecular formula is C21H25F2NO2S. The molecule has 1 aliphatic rings. The van der Waals surface area contributed by atoms with E-state index >= 15 is 0 Å². The van der Waals surface area contributed by atoms with Crippen molar-refractivity contribution in [3.05, 3.63) is 65.7 Å². The van der Waals surface area contributed by atoms with E-state index in [9.17, 15) is 17.2 Å². The predicted molar refractivity (Wildman–Crippen MR) is 102 cm³/mol. The minimum absolute atomic E-state index is 0.319. The van der Waals surface area contributed by atoms with Crippen molar-refractivity contribution in [2.75, 3.05) is 13.1 Å². The number of nitrogens with zero attached hydrogens (tertiary/aromatic N) is 1. The third-order valence-electron chi connectivity index (χ3n) is 5.28. The molecule has 146 valence electrons. The second-order valence-corrected chi connectivity index (χ2v) is 9.11. The zero-order valence-corrected chi connectivity index (χ0v) is 16.0. The molecule has 6 heteroatoms. The summed E-state index contributed by atoms with van der Waals surface area (Å²) < 4.78 is 48.1. The van der Waals surface area contributed by atoms with Crippen LogP contribution in [0.1, 0.15) is 30.4 Å². The zero-order valence-electron chi connectivity index (χ0n) is 15.2. The highest BCUT2D eigenvalue weighted by Gasteiger charge is 2.26. The van der Waals surface area contributed by atoms with Crippen LogP contribution in [0, 0.1) is 5.92 Å². The molecule has 0 spiro atoms. The summed E-state index contributed by atoms with van der Waals surface area (Å²) in [6, 6.07) is 16.4. The highest BCUT2D eigenvalue weighted by molar-refractivity contribution is 7.91. The Kier molecular flexibility index (Phi) is 6.60. The van der Waals surface area contributed by atoms with Crippen LogP contribution in [0.25, 0.3) is 0 Å². The van der Waals surface area contributed by atoms with Crippen molar-refractivity contribution >= 4 is 9.84 Å². The van der Waals surface area contributed by atoms with Crippen molar-refractivity contribution < 1.29 is 17.2 Å². The average molecular weight is 393 g/mol. The van der Waals surface area contributed by atoms with E-state index in [0.717, 1.165) is 50.4 Å². The summed E-state index contributed by atoms with van der Waals surface area (Å²) in [4.78, 5) is 2.02. The standard InChI is InChI=1S/C21H25F2NO2S/c22-21(23)27(25,26)20-10-8-19(9-11-20)16-24-14-12-18(13-15-24)7-6-17-4-2-1-3-5-17/h1-5,8-11,18,21H,6-7,12-16H2. The van der Waals surface area contributed by atoms with E-state index in [4.69, 9.17) is 0 Å². The lowest BCUT2D eigenvalue weighted by molar-refractivity contribution is 0.172. The summed E-state index contributed by atoms with van der Waals surface area (Å²) in [5, 5.41) is 0. The molecule has 0 saturated carbocycles. The molecule has 0 atom stereocenters. The number of piperidine rings is 1. The number of alkyl halides is 2. The van der Waals surface area contributed by atoms with E-state index in [0.29, 0.717) is 0 Å². The van der Waals surface area contributed by atoms with Crippen LogP contribution < -0.4 is 0 Å². The third-order valence-corrected chi connectivity index (χ3v) is 6.68. The molecule has 0 aromatic heterocycles. The van der Waals surface area contributed by atoms with Gasteiger partial charge in [0.15, 0.2) is 0 Å². The molecular weight excluding hydrogens is 368 g/mol. The lowest BCUT2D eigenvalue weighted by Gasteiger charge is -2.32. The Balaban J connectivity index is 1.46. The fourth-order valence-corrected chi connectivity index (χ4v) is 4.32. The van der Waals surface area contributed by atoms with Crippen molar-refractivity contribution in [3.8, 4) is 0 Å². The molecule has 27 heavy (non-hydrogen) atoms. The first kappa shape index (κ1) is 20.0. The largest absolute Gasteiger partial charge is 0.341 e. The highest BCUT2D eigenvalue weighted by Crippen LogP contribution is 2.24. The molecule has 0 unspecified atom stereocenters.